The zero-order valence-corrected chi connectivity index (χ0v) is 7.58. The number of rotatable bonds is 0. The zero-order chi connectivity index (χ0) is 8.72. The van der Waals surface area contributed by atoms with E-state index in [0.29, 0.717) is 12.1 Å². The van der Waals surface area contributed by atoms with Crippen LogP contribution in [0.1, 0.15) is 6.42 Å². The van der Waals surface area contributed by atoms with Crippen molar-refractivity contribution in [1.82, 2.24) is 15.1 Å². The van der Waals surface area contributed by atoms with Gasteiger partial charge in [0.15, 0.2) is 0 Å². The molecule has 2 saturated heterocycles. The number of piperidine rings is 1. The van der Waals surface area contributed by atoms with Crippen LogP contribution in [0.25, 0.3) is 0 Å². The second-order valence-electron chi connectivity index (χ2n) is 3.79. The Kier molecular flexibility index (Phi) is 1.72. The maximum atomic E-state index is 11.2. The average molecular weight is 169 g/mol. The maximum Gasteiger partial charge on any atom is 0.317 e. The fourth-order valence-electron chi connectivity index (χ4n) is 2.06. The number of nitrogens with zero attached hydrogens (tertiary/aromatic N) is 2. The van der Waals surface area contributed by atoms with Crippen LogP contribution < -0.4 is 5.32 Å². The first-order valence-electron chi connectivity index (χ1n) is 4.40. The molecule has 0 aromatic rings. The molecule has 1 N–H and O–H groups in total. The van der Waals surface area contributed by atoms with E-state index in [2.05, 4.69) is 17.3 Å². The number of fused-ring (bicyclic) bond motifs is 1. The fraction of sp³-hybridized carbons (Fsp3) is 0.875. The van der Waals surface area contributed by atoms with Crippen LogP contribution in [-0.2, 0) is 0 Å². The highest BCUT2D eigenvalue weighted by Crippen LogP contribution is 2.19. The van der Waals surface area contributed by atoms with E-state index < -0.39 is 0 Å². The summed E-state index contributed by atoms with van der Waals surface area (Å²) in [6.45, 7) is 2.09. The largest absolute Gasteiger partial charge is 0.333 e. The molecule has 0 spiro atoms. The van der Waals surface area contributed by atoms with Gasteiger partial charge in [0, 0.05) is 13.6 Å². The van der Waals surface area contributed by atoms with E-state index in [1.807, 2.05) is 11.9 Å². The summed E-state index contributed by atoms with van der Waals surface area (Å²) in [4.78, 5) is 15.3. The lowest BCUT2D eigenvalue weighted by Crippen LogP contribution is -2.49. The molecule has 68 valence electrons. The second kappa shape index (κ2) is 2.62. The van der Waals surface area contributed by atoms with Crippen LogP contribution in [0.5, 0.6) is 0 Å². The van der Waals surface area contributed by atoms with E-state index in [9.17, 15) is 4.79 Å². The molecule has 0 saturated carbocycles. The number of hydrogen-bond donors (Lipinski definition) is 1. The third kappa shape index (κ3) is 1.06. The molecule has 0 aliphatic carbocycles. The monoisotopic (exact) mass is 169 g/mol. The summed E-state index contributed by atoms with van der Waals surface area (Å²) in [5.74, 6) is 0. The molecule has 2 heterocycles. The van der Waals surface area contributed by atoms with E-state index >= 15 is 0 Å². The molecule has 2 atom stereocenters. The van der Waals surface area contributed by atoms with E-state index in [4.69, 9.17) is 0 Å². The van der Waals surface area contributed by atoms with Gasteiger partial charge in [-0.2, -0.15) is 0 Å². The maximum absolute atomic E-state index is 11.2. The van der Waals surface area contributed by atoms with Crippen molar-refractivity contribution in [3.63, 3.8) is 0 Å². The molecule has 0 unspecified atom stereocenters. The first kappa shape index (κ1) is 7.86. The first-order valence-corrected chi connectivity index (χ1v) is 4.40. The lowest BCUT2D eigenvalue weighted by Gasteiger charge is -2.33. The van der Waals surface area contributed by atoms with Gasteiger partial charge >= 0.3 is 6.03 Å². The van der Waals surface area contributed by atoms with Gasteiger partial charge in [-0.3, -0.25) is 0 Å². The van der Waals surface area contributed by atoms with Gasteiger partial charge in [0.1, 0.15) is 0 Å². The minimum Gasteiger partial charge on any atom is -0.333 e. The predicted molar refractivity (Wildman–Crippen MR) is 46.0 cm³/mol. The van der Waals surface area contributed by atoms with Crippen LogP contribution in [0.2, 0.25) is 0 Å². The molecule has 4 heteroatoms. The summed E-state index contributed by atoms with van der Waals surface area (Å²) in [7, 11) is 3.98. The van der Waals surface area contributed by atoms with Gasteiger partial charge in [-0.25, -0.2) is 4.79 Å². The van der Waals surface area contributed by atoms with E-state index in [0.717, 1.165) is 19.5 Å². The number of nitrogens with one attached hydrogen (secondary N) is 1. The number of carbonyl (C=O) groups is 1. The molecule has 0 aromatic carbocycles. The summed E-state index contributed by atoms with van der Waals surface area (Å²) in [5.41, 5.74) is 0. The molecule has 2 aliphatic heterocycles. The number of carbonyl (C=O) groups excluding carboxylic acids is 1. The van der Waals surface area contributed by atoms with Crippen LogP contribution >= 0.6 is 0 Å². The Labute approximate surface area is 72.5 Å². The van der Waals surface area contributed by atoms with E-state index in [1.165, 1.54) is 0 Å². The zero-order valence-electron chi connectivity index (χ0n) is 7.58. The molecule has 4 nitrogen and oxygen atoms in total. The Balaban J connectivity index is 2.10. The summed E-state index contributed by atoms with van der Waals surface area (Å²) in [6.07, 6.45) is 1.08. The first-order chi connectivity index (χ1) is 5.68. The Morgan fingerprint density at radius 1 is 1.50 bits per heavy atom. The van der Waals surface area contributed by atoms with Crippen molar-refractivity contribution in [2.75, 3.05) is 27.2 Å². The highest BCUT2D eigenvalue weighted by molar-refractivity contribution is 5.77. The molecule has 0 aromatic heterocycles. The topological polar surface area (TPSA) is 35.6 Å². The van der Waals surface area contributed by atoms with Crippen molar-refractivity contribution in [2.45, 2.75) is 18.5 Å². The Hall–Kier alpha value is -0.770. The van der Waals surface area contributed by atoms with Gasteiger partial charge in [-0.05, 0) is 20.0 Å². The number of hydrogen-bond acceptors (Lipinski definition) is 2. The SMILES string of the molecule is CN1CC[C@@H]2NC(=O)N(C)[C@@H]2C1. The second-order valence-corrected chi connectivity index (χ2v) is 3.79. The lowest BCUT2D eigenvalue weighted by molar-refractivity contribution is 0.166. The molecular formula is C8H15N3O. The molecule has 2 rings (SSSR count). The molecule has 0 radical (unpaired) electrons. The highest BCUT2D eigenvalue weighted by atomic mass is 16.2. The number of likely N-dealkylation sites (tertiary alicyclic amines) is 1. The van der Waals surface area contributed by atoms with Crippen LogP contribution in [0.4, 0.5) is 4.79 Å². The number of urea groups is 1. The van der Waals surface area contributed by atoms with E-state index in [1.54, 1.807) is 0 Å². The third-order valence-corrected chi connectivity index (χ3v) is 2.91. The van der Waals surface area contributed by atoms with Crippen molar-refractivity contribution in [3.8, 4) is 0 Å². The van der Waals surface area contributed by atoms with E-state index in [-0.39, 0.29) is 6.03 Å². The molecule has 2 aliphatic rings. The van der Waals surface area contributed by atoms with Crippen LogP contribution in [-0.4, -0.2) is 55.1 Å². The van der Waals surface area contributed by atoms with Crippen LogP contribution in [0, 0.1) is 0 Å². The summed E-state index contributed by atoms with van der Waals surface area (Å²) >= 11 is 0. The van der Waals surface area contributed by atoms with Gasteiger partial charge in [0.05, 0.1) is 12.1 Å². The fourth-order valence-corrected chi connectivity index (χ4v) is 2.06. The number of likely N-dealkylation sites (N-methyl/N-ethyl adjacent to an activating group) is 2. The Morgan fingerprint density at radius 3 is 3.00 bits per heavy atom. The van der Waals surface area contributed by atoms with Gasteiger partial charge in [0.2, 0.25) is 0 Å². The smallest absolute Gasteiger partial charge is 0.317 e. The minimum atomic E-state index is 0.0836. The van der Waals surface area contributed by atoms with Crippen molar-refractivity contribution >= 4 is 6.03 Å². The van der Waals surface area contributed by atoms with Crippen molar-refractivity contribution in [1.29, 1.82) is 0 Å². The standard InChI is InChI=1S/C8H15N3O/c1-10-4-3-6-7(5-10)11(2)8(12)9-6/h6-7H,3-5H2,1-2H3,(H,9,12)/t6-,7+/m0/s1. The molecule has 12 heavy (non-hydrogen) atoms. The normalized spacial score (nSPS) is 36.5. The summed E-state index contributed by atoms with van der Waals surface area (Å²) in [6, 6.07) is 0.857. The predicted octanol–water partition coefficient (Wildman–Crippen LogP) is -0.286. The van der Waals surface area contributed by atoms with Gasteiger partial charge in [0.25, 0.3) is 0 Å². The molecule has 0 bridgehead atoms. The minimum absolute atomic E-state index is 0.0836. The molecule has 2 fully saturated rings. The Morgan fingerprint density at radius 2 is 2.25 bits per heavy atom. The van der Waals surface area contributed by atoms with Crippen molar-refractivity contribution in [2.24, 2.45) is 0 Å². The third-order valence-electron chi connectivity index (χ3n) is 2.91. The molecular weight excluding hydrogens is 154 g/mol. The van der Waals surface area contributed by atoms with Crippen LogP contribution in [0.15, 0.2) is 0 Å². The average Bonchev–Trinajstić information content (AvgIpc) is 2.31. The van der Waals surface area contributed by atoms with Gasteiger partial charge in [-0.15, -0.1) is 0 Å². The van der Waals surface area contributed by atoms with Crippen molar-refractivity contribution in [3.05, 3.63) is 0 Å². The van der Waals surface area contributed by atoms with Crippen molar-refractivity contribution < 1.29 is 4.79 Å². The highest BCUT2D eigenvalue weighted by Gasteiger charge is 2.39. The van der Waals surface area contributed by atoms with Gasteiger partial charge in [-0.1, -0.05) is 0 Å². The Bertz CT molecular complexity index is 206. The number of amides is 2. The van der Waals surface area contributed by atoms with Gasteiger partial charge < -0.3 is 15.1 Å². The van der Waals surface area contributed by atoms with Crippen LogP contribution in [0.3, 0.4) is 0 Å². The summed E-state index contributed by atoms with van der Waals surface area (Å²) < 4.78 is 0. The summed E-state index contributed by atoms with van der Waals surface area (Å²) in [5, 5.41) is 2.99. The quantitative estimate of drug-likeness (QED) is 0.541. The lowest BCUT2D eigenvalue weighted by atomic mass is 10.0. The molecule has 2 amide bonds.